The standard InChI is InChI=1S/C18H26N4S/c1-11(2)21-12-6-8-13(9-7-12)22-17-16-14-4-3-5-15(14)23-18(16)20-10-19-17/h10-13,21H,3-9H2,1-2H3,(H,19,20,22). The summed E-state index contributed by atoms with van der Waals surface area (Å²) in [5, 5.41) is 8.73. The quantitative estimate of drug-likeness (QED) is 0.892. The number of nitrogens with one attached hydrogen (secondary N) is 2. The van der Waals surface area contributed by atoms with Gasteiger partial charge in [-0.3, -0.25) is 0 Å². The van der Waals surface area contributed by atoms with Gasteiger partial charge in [-0.1, -0.05) is 13.8 Å². The molecule has 0 saturated heterocycles. The summed E-state index contributed by atoms with van der Waals surface area (Å²) in [7, 11) is 0. The van der Waals surface area contributed by atoms with Gasteiger partial charge in [0, 0.05) is 23.0 Å². The van der Waals surface area contributed by atoms with Gasteiger partial charge in [0.05, 0.1) is 5.39 Å². The topological polar surface area (TPSA) is 49.8 Å². The van der Waals surface area contributed by atoms with Crippen LogP contribution in [0.3, 0.4) is 0 Å². The molecule has 0 aliphatic heterocycles. The van der Waals surface area contributed by atoms with Crippen molar-refractivity contribution in [1.29, 1.82) is 0 Å². The minimum Gasteiger partial charge on any atom is -0.367 e. The molecule has 5 heteroatoms. The summed E-state index contributed by atoms with van der Waals surface area (Å²) in [5.41, 5.74) is 1.52. The molecule has 1 saturated carbocycles. The smallest absolute Gasteiger partial charge is 0.138 e. The molecule has 2 aliphatic carbocycles. The number of thiophene rings is 1. The second-order valence-electron chi connectivity index (χ2n) is 7.27. The highest BCUT2D eigenvalue weighted by Gasteiger charge is 2.25. The Labute approximate surface area is 142 Å². The third kappa shape index (κ3) is 3.09. The van der Waals surface area contributed by atoms with Crippen LogP contribution in [0, 0.1) is 0 Å². The maximum atomic E-state index is 4.59. The molecule has 2 aromatic rings. The number of anilines is 1. The number of fused-ring (bicyclic) bond motifs is 3. The van der Waals surface area contributed by atoms with Crippen molar-refractivity contribution in [3.05, 3.63) is 16.8 Å². The van der Waals surface area contributed by atoms with Crippen LogP contribution in [-0.2, 0) is 12.8 Å². The highest BCUT2D eigenvalue weighted by Crippen LogP contribution is 2.39. The van der Waals surface area contributed by atoms with Gasteiger partial charge < -0.3 is 10.6 Å². The van der Waals surface area contributed by atoms with Crippen molar-refractivity contribution >= 4 is 27.4 Å². The highest BCUT2D eigenvalue weighted by molar-refractivity contribution is 7.19. The van der Waals surface area contributed by atoms with Crippen molar-refractivity contribution in [2.75, 3.05) is 5.32 Å². The van der Waals surface area contributed by atoms with Gasteiger partial charge in [-0.2, -0.15) is 0 Å². The van der Waals surface area contributed by atoms with Crippen LogP contribution in [0.25, 0.3) is 10.2 Å². The predicted octanol–water partition coefficient (Wildman–Crippen LogP) is 3.90. The fraction of sp³-hybridized carbons (Fsp3) is 0.667. The molecule has 0 unspecified atom stereocenters. The minimum atomic E-state index is 0.551. The van der Waals surface area contributed by atoms with Gasteiger partial charge in [0.1, 0.15) is 17.0 Å². The lowest BCUT2D eigenvalue weighted by atomic mass is 9.90. The lowest BCUT2D eigenvalue weighted by molar-refractivity contribution is 0.335. The van der Waals surface area contributed by atoms with Gasteiger partial charge >= 0.3 is 0 Å². The molecule has 0 atom stereocenters. The molecule has 0 bridgehead atoms. The van der Waals surface area contributed by atoms with Crippen molar-refractivity contribution in [2.45, 2.75) is 76.9 Å². The second-order valence-corrected chi connectivity index (χ2v) is 8.36. The highest BCUT2D eigenvalue weighted by atomic mass is 32.1. The summed E-state index contributed by atoms with van der Waals surface area (Å²) in [6, 6.07) is 1.82. The van der Waals surface area contributed by atoms with E-state index in [1.807, 2.05) is 11.3 Å². The largest absolute Gasteiger partial charge is 0.367 e. The Hall–Kier alpha value is -1.20. The summed E-state index contributed by atoms with van der Waals surface area (Å²) in [4.78, 5) is 11.8. The molecule has 2 heterocycles. The van der Waals surface area contributed by atoms with Gasteiger partial charge in [0.15, 0.2) is 0 Å². The molecule has 1 fully saturated rings. The minimum absolute atomic E-state index is 0.551. The second kappa shape index (κ2) is 6.36. The van der Waals surface area contributed by atoms with E-state index in [9.17, 15) is 0 Å². The zero-order chi connectivity index (χ0) is 15.8. The fourth-order valence-electron chi connectivity index (χ4n) is 4.11. The van der Waals surface area contributed by atoms with E-state index in [-0.39, 0.29) is 0 Å². The molecule has 0 radical (unpaired) electrons. The van der Waals surface area contributed by atoms with Crippen LogP contribution in [-0.4, -0.2) is 28.1 Å². The molecular weight excluding hydrogens is 304 g/mol. The molecule has 124 valence electrons. The Morgan fingerprint density at radius 1 is 1.09 bits per heavy atom. The Kier molecular flexibility index (Phi) is 4.24. The fourth-order valence-corrected chi connectivity index (χ4v) is 5.34. The number of aryl methyl sites for hydroxylation is 2. The number of hydrogen-bond donors (Lipinski definition) is 2. The summed E-state index contributed by atoms with van der Waals surface area (Å²) in [6.45, 7) is 4.47. The molecule has 0 amide bonds. The molecule has 2 aromatic heterocycles. The Morgan fingerprint density at radius 3 is 2.65 bits per heavy atom. The number of rotatable bonds is 4. The van der Waals surface area contributed by atoms with E-state index in [1.54, 1.807) is 6.33 Å². The maximum absolute atomic E-state index is 4.59. The molecule has 2 N–H and O–H groups in total. The van der Waals surface area contributed by atoms with E-state index in [0.717, 1.165) is 5.82 Å². The van der Waals surface area contributed by atoms with Crippen LogP contribution in [0.1, 0.15) is 56.4 Å². The van der Waals surface area contributed by atoms with E-state index in [1.165, 1.54) is 65.6 Å². The van der Waals surface area contributed by atoms with E-state index in [4.69, 9.17) is 0 Å². The van der Waals surface area contributed by atoms with E-state index >= 15 is 0 Å². The van der Waals surface area contributed by atoms with E-state index in [0.29, 0.717) is 18.1 Å². The van der Waals surface area contributed by atoms with Crippen LogP contribution >= 0.6 is 11.3 Å². The van der Waals surface area contributed by atoms with Gasteiger partial charge in [-0.05, 0) is 50.5 Å². The molecule has 23 heavy (non-hydrogen) atoms. The van der Waals surface area contributed by atoms with Crippen LogP contribution in [0.2, 0.25) is 0 Å². The summed E-state index contributed by atoms with van der Waals surface area (Å²) < 4.78 is 0. The van der Waals surface area contributed by atoms with Crippen LogP contribution in [0.5, 0.6) is 0 Å². The van der Waals surface area contributed by atoms with Crippen molar-refractivity contribution in [3.8, 4) is 0 Å². The average Bonchev–Trinajstić information content (AvgIpc) is 3.09. The van der Waals surface area contributed by atoms with Crippen molar-refractivity contribution in [1.82, 2.24) is 15.3 Å². The third-order valence-electron chi connectivity index (χ3n) is 5.14. The van der Waals surface area contributed by atoms with Crippen molar-refractivity contribution in [3.63, 3.8) is 0 Å². The SMILES string of the molecule is CC(C)NC1CCC(Nc2ncnc3sc4c(c23)CCC4)CC1. The van der Waals surface area contributed by atoms with Crippen molar-refractivity contribution < 1.29 is 0 Å². The summed E-state index contributed by atoms with van der Waals surface area (Å²) in [5.74, 6) is 1.08. The molecule has 2 aliphatic rings. The zero-order valence-corrected chi connectivity index (χ0v) is 14.9. The normalized spacial score (nSPS) is 24.3. The molecular formula is C18H26N4S. The Balaban J connectivity index is 1.49. The lowest BCUT2D eigenvalue weighted by Gasteiger charge is -2.31. The monoisotopic (exact) mass is 330 g/mol. The first-order chi connectivity index (χ1) is 11.2. The predicted molar refractivity (Wildman–Crippen MR) is 97.4 cm³/mol. The Bertz CT molecular complexity index is 686. The first-order valence-corrected chi connectivity index (χ1v) is 9.80. The third-order valence-corrected chi connectivity index (χ3v) is 6.34. The zero-order valence-electron chi connectivity index (χ0n) is 14.1. The van der Waals surface area contributed by atoms with Crippen LogP contribution in [0.4, 0.5) is 5.82 Å². The molecule has 4 rings (SSSR count). The molecule has 0 aromatic carbocycles. The molecule has 4 nitrogen and oxygen atoms in total. The van der Waals surface area contributed by atoms with Crippen molar-refractivity contribution in [2.24, 2.45) is 0 Å². The van der Waals surface area contributed by atoms with Gasteiger partial charge in [0.2, 0.25) is 0 Å². The number of nitrogens with zero attached hydrogens (tertiary/aromatic N) is 2. The van der Waals surface area contributed by atoms with Gasteiger partial charge in [-0.25, -0.2) is 9.97 Å². The van der Waals surface area contributed by atoms with Crippen LogP contribution in [0.15, 0.2) is 6.33 Å². The first-order valence-electron chi connectivity index (χ1n) is 8.98. The maximum Gasteiger partial charge on any atom is 0.138 e. The lowest BCUT2D eigenvalue weighted by Crippen LogP contribution is -2.40. The number of aromatic nitrogens is 2. The van der Waals surface area contributed by atoms with E-state index in [2.05, 4.69) is 34.4 Å². The van der Waals surface area contributed by atoms with E-state index < -0.39 is 0 Å². The summed E-state index contributed by atoms with van der Waals surface area (Å²) >= 11 is 1.87. The first kappa shape index (κ1) is 15.3. The van der Waals surface area contributed by atoms with Gasteiger partial charge in [0.25, 0.3) is 0 Å². The average molecular weight is 331 g/mol. The molecule has 0 spiro atoms. The number of hydrogen-bond acceptors (Lipinski definition) is 5. The Morgan fingerprint density at radius 2 is 1.87 bits per heavy atom. The summed E-state index contributed by atoms with van der Waals surface area (Å²) in [6.07, 6.45) is 10.4. The van der Waals surface area contributed by atoms with Crippen LogP contribution < -0.4 is 10.6 Å². The van der Waals surface area contributed by atoms with Gasteiger partial charge in [-0.15, -0.1) is 11.3 Å².